The SMILES string of the molecule is CC=C1CCN(C(=O)OC(C)(C)C)C(c2ccc(C(=O)OC)cc2)C1. The molecule has 0 aliphatic carbocycles. The van der Waals surface area contributed by atoms with Crippen molar-refractivity contribution in [3.05, 3.63) is 47.0 Å². The number of rotatable bonds is 2. The van der Waals surface area contributed by atoms with Gasteiger partial charge < -0.3 is 14.4 Å². The Hall–Kier alpha value is -2.30. The van der Waals surface area contributed by atoms with Gasteiger partial charge in [-0.05, 0) is 58.2 Å². The Bertz CT molecular complexity index is 655. The predicted octanol–water partition coefficient (Wildman–Crippen LogP) is 4.49. The number of carbonyl (C=O) groups is 2. The molecule has 1 amide bonds. The summed E-state index contributed by atoms with van der Waals surface area (Å²) in [4.78, 5) is 26.0. The lowest BCUT2D eigenvalue weighted by atomic mass is 9.91. The zero-order valence-electron chi connectivity index (χ0n) is 15.7. The van der Waals surface area contributed by atoms with Gasteiger partial charge in [0.2, 0.25) is 0 Å². The van der Waals surface area contributed by atoms with Gasteiger partial charge in [0, 0.05) is 6.54 Å². The van der Waals surface area contributed by atoms with Gasteiger partial charge in [0.15, 0.2) is 0 Å². The van der Waals surface area contributed by atoms with E-state index in [9.17, 15) is 9.59 Å². The number of benzene rings is 1. The van der Waals surface area contributed by atoms with E-state index in [-0.39, 0.29) is 18.1 Å². The average Bonchev–Trinajstić information content (AvgIpc) is 2.59. The van der Waals surface area contributed by atoms with Gasteiger partial charge in [-0.3, -0.25) is 0 Å². The molecule has 1 unspecified atom stereocenters. The van der Waals surface area contributed by atoms with Crippen molar-refractivity contribution < 1.29 is 19.1 Å². The molecular weight excluding hydrogens is 318 g/mol. The molecule has 5 nitrogen and oxygen atoms in total. The number of amides is 1. The fourth-order valence-corrected chi connectivity index (χ4v) is 2.94. The lowest BCUT2D eigenvalue weighted by Crippen LogP contribution is -2.42. The molecular formula is C20H27NO4. The monoisotopic (exact) mass is 345 g/mol. The van der Waals surface area contributed by atoms with E-state index < -0.39 is 5.60 Å². The second kappa shape index (κ2) is 7.72. The molecule has 1 aromatic carbocycles. The van der Waals surface area contributed by atoms with Crippen LogP contribution in [0.15, 0.2) is 35.9 Å². The third-order valence-corrected chi connectivity index (χ3v) is 4.26. The van der Waals surface area contributed by atoms with Gasteiger partial charge in [0.1, 0.15) is 5.60 Å². The number of piperidine rings is 1. The van der Waals surface area contributed by atoms with E-state index in [0.717, 1.165) is 18.4 Å². The first-order valence-electron chi connectivity index (χ1n) is 8.57. The summed E-state index contributed by atoms with van der Waals surface area (Å²) in [5.41, 5.74) is 2.27. The highest BCUT2D eigenvalue weighted by molar-refractivity contribution is 5.89. The van der Waals surface area contributed by atoms with E-state index in [1.165, 1.54) is 12.7 Å². The van der Waals surface area contributed by atoms with Crippen molar-refractivity contribution in [3.8, 4) is 0 Å². The molecule has 5 heteroatoms. The summed E-state index contributed by atoms with van der Waals surface area (Å²) >= 11 is 0. The molecule has 25 heavy (non-hydrogen) atoms. The summed E-state index contributed by atoms with van der Waals surface area (Å²) in [7, 11) is 1.36. The molecule has 1 heterocycles. The molecule has 1 aliphatic rings. The van der Waals surface area contributed by atoms with Crippen LogP contribution in [0.2, 0.25) is 0 Å². The molecule has 2 rings (SSSR count). The van der Waals surface area contributed by atoms with Crippen LogP contribution in [0.5, 0.6) is 0 Å². The zero-order valence-corrected chi connectivity index (χ0v) is 15.7. The second-order valence-electron chi connectivity index (χ2n) is 7.20. The fraction of sp³-hybridized carbons (Fsp3) is 0.500. The van der Waals surface area contributed by atoms with Crippen molar-refractivity contribution in [2.24, 2.45) is 0 Å². The molecule has 1 atom stereocenters. The molecule has 0 aromatic heterocycles. The number of allylic oxidation sites excluding steroid dienone is 1. The largest absolute Gasteiger partial charge is 0.465 e. The van der Waals surface area contributed by atoms with E-state index in [2.05, 4.69) is 6.08 Å². The normalized spacial score (nSPS) is 19.6. The standard InChI is InChI=1S/C20H27NO4/c1-6-14-11-12-21(19(23)25-20(2,3)4)17(13-14)15-7-9-16(10-8-15)18(22)24-5/h6-10,17H,11-13H2,1-5H3. The van der Waals surface area contributed by atoms with Gasteiger partial charge >= 0.3 is 12.1 Å². The Morgan fingerprint density at radius 3 is 2.36 bits per heavy atom. The van der Waals surface area contributed by atoms with Crippen LogP contribution in [-0.4, -0.2) is 36.2 Å². The van der Waals surface area contributed by atoms with Crippen molar-refractivity contribution >= 4 is 12.1 Å². The molecule has 0 radical (unpaired) electrons. The van der Waals surface area contributed by atoms with Gasteiger partial charge in [-0.2, -0.15) is 0 Å². The Labute approximate surface area is 149 Å². The Balaban J connectivity index is 2.27. The number of hydrogen-bond acceptors (Lipinski definition) is 4. The molecule has 1 aromatic rings. The first-order valence-corrected chi connectivity index (χ1v) is 8.57. The van der Waals surface area contributed by atoms with Crippen LogP contribution in [0.25, 0.3) is 0 Å². The van der Waals surface area contributed by atoms with Gasteiger partial charge in [0.25, 0.3) is 0 Å². The van der Waals surface area contributed by atoms with Crippen LogP contribution >= 0.6 is 0 Å². The highest BCUT2D eigenvalue weighted by Crippen LogP contribution is 2.35. The highest BCUT2D eigenvalue weighted by Gasteiger charge is 2.32. The van der Waals surface area contributed by atoms with Crippen LogP contribution in [0.4, 0.5) is 4.79 Å². The maximum atomic E-state index is 12.6. The van der Waals surface area contributed by atoms with Crippen LogP contribution in [-0.2, 0) is 9.47 Å². The number of carbonyl (C=O) groups excluding carboxylic acids is 2. The number of likely N-dealkylation sites (tertiary alicyclic amines) is 1. The van der Waals surface area contributed by atoms with Crippen molar-refractivity contribution in [1.82, 2.24) is 4.90 Å². The maximum Gasteiger partial charge on any atom is 0.410 e. The molecule has 0 bridgehead atoms. The van der Waals surface area contributed by atoms with Crippen LogP contribution in [0, 0.1) is 0 Å². The van der Waals surface area contributed by atoms with Crippen LogP contribution in [0.1, 0.15) is 62.5 Å². The topological polar surface area (TPSA) is 55.8 Å². The van der Waals surface area contributed by atoms with E-state index >= 15 is 0 Å². The second-order valence-corrected chi connectivity index (χ2v) is 7.20. The summed E-state index contributed by atoms with van der Waals surface area (Å²) in [6.45, 7) is 8.25. The molecule has 0 N–H and O–H groups in total. The predicted molar refractivity (Wildman–Crippen MR) is 96.5 cm³/mol. The summed E-state index contributed by atoms with van der Waals surface area (Å²) < 4.78 is 10.3. The van der Waals surface area contributed by atoms with Crippen molar-refractivity contribution in [1.29, 1.82) is 0 Å². The molecule has 1 fully saturated rings. The number of esters is 1. The first kappa shape index (κ1) is 19.0. The number of methoxy groups -OCH3 is 1. The van der Waals surface area contributed by atoms with Crippen LogP contribution in [0.3, 0.4) is 0 Å². The fourth-order valence-electron chi connectivity index (χ4n) is 2.94. The Kier molecular flexibility index (Phi) is 5.88. The van der Waals surface area contributed by atoms with Gasteiger partial charge in [-0.15, -0.1) is 0 Å². The minimum atomic E-state index is -0.531. The number of hydrogen-bond donors (Lipinski definition) is 0. The molecule has 1 saturated heterocycles. The van der Waals surface area contributed by atoms with Gasteiger partial charge in [-0.25, -0.2) is 9.59 Å². The third-order valence-electron chi connectivity index (χ3n) is 4.26. The van der Waals surface area contributed by atoms with Gasteiger partial charge in [-0.1, -0.05) is 23.8 Å². The first-order chi connectivity index (χ1) is 11.7. The lowest BCUT2D eigenvalue weighted by molar-refractivity contribution is 0.0129. The van der Waals surface area contributed by atoms with E-state index in [0.29, 0.717) is 12.1 Å². The van der Waals surface area contributed by atoms with E-state index in [1.807, 2.05) is 39.8 Å². The van der Waals surface area contributed by atoms with Gasteiger partial charge in [0.05, 0.1) is 18.7 Å². The number of ether oxygens (including phenoxy) is 2. The minimum absolute atomic E-state index is 0.0958. The van der Waals surface area contributed by atoms with Crippen molar-refractivity contribution in [3.63, 3.8) is 0 Å². The molecule has 1 aliphatic heterocycles. The van der Waals surface area contributed by atoms with E-state index in [1.54, 1.807) is 17.0 Å². The van der Waals surface area contributed by atoms with Crippen molar-refractivity contribution in [2.75, 3.05) is 13.7 Å². The summed E-state index contributed by atoms with van der Waals surface area (Å²) in [6.07, 6.45) is 3.44. The quantitative estimate of drug-likeness (QED) is 0.585. The average molecular weight is 345 g/mol. The molecule has 0 saturated carbocycles. The van der Waals surface area contributed by atoms with E-state index in [4.69, 9.17) is 9.47 Å². The molecule has 136 valence electrons. The maximum absolute atomic E-state index is 12.6. The third kappa shape index (κ3) is 4.84. The summed E-state index contributed by atoms with van der Waals surface area (Å²) in [6, 6.07) is 7.14. The van der Waals surface area contributed by atoms with Crippen LogP contribution < -0.4 is 0 Å². The zero-order chi connectivity index (χ0) is 18.6. The minimum Gasteiger partial charge on any atom is -0.465 e. The smallest absolute Gasteiger partial charge is 0.410 e. The Morgan fingerprint density at radius 2 is 1.84 bits per heavy atom. The lowest BCUT2D eigenvalue weighted by Gasteiger charge is -2.38. The highest BCUT2D eigenvalue weighted by atomic mass is 16.6. The number of nitrogens with zero attached hydrogens (tertiary/aromatic N) is 1. The summed E-state index contributed by atoms with van der Waals surface area (Å²) in [5, 5.41) is 0. The molecule has 0 spiro atoms. The summed E-state index contributed by atoms with van der Waals surface area (Å²) in [5.74, 6) is -0.367. The Morgan fingerprint density at radius 1 is 1.20 bits per heavy atom. The van der Waals surface area contributed by atoms with Crippen molar-refractivity contribution in [2.45, 2.75) is 52.2 Å².